The van der Waals surface area contributed by atoms with Crippen LogP contribution in [0.5, 0.6) is 5.75 Å². The number of fused-ring (bicyclic) bond motifs is 2. The lowest BCUT2D eigenvalue weighted by molar-refractivity contribution is 0.408. The number of ether oxygens (including phenoxy) is 1. The molecule has 0 saturated heterocycles. The Morgan fingerprint density at radius 1 is 1.23 bits per heavy atom. The molecule has 2 N–H and O–H groups in total. The highest BCUT2D eigenvalue weighted by molar-refractivity contribution is 5.88. The fourth-order valence-electron chi connectivity index (χ4n) is 3.28. The highest BCUT2D eigenvalue weighted by Crippen LogP contribution is 2.31. The van der Waals surface area contributed by atoms with Crippen LogP contribution in [0.15, 0.2) is 41.3 Å². The third-order valence-corrected chi connectivity index (χ3v) is 4.53. The maximum atomic E-state index is 12.7. The van der Waals surface area contributed by atoms with Crippen LogP contribution in [-0.4, -0.2) is 21.9 Å². The number of nitriles is 1. The van der Waals surface area contributed by atoms with Crippen molar-refractivity contribution in [3.63, 3.8) is 0 Å². The second-order valence-corrected chi connectivity index (χ2v) is 6.02. The fourth-order valence-corrected chi connectivity index (χ4v) is 3.28. The van der Waals surface area contributed by atoms with Crippen molar-refractivity contribution in [2.75, 3.05) is 7.11 Å². The number of H-pyrrole nitrogens is 2. The molecule has 6 heteroatoms. The van der Waals surface area contributed by atoms with Gasteiger partial charge in [0.15, 0.2) is 0 Å². The van der Waals surface area contributed by atoms with Gasteiger partial charge in [0.05, 0.1) is 36.2 Å². The monoisotopic (exact) mass is 348 g/mol. The summed E-state index contributed by atoms with van der Waals surface area (Å²) in [5.41, 5.74) is 4.07. The van der Waals surface area contributed by atoms with Gasteiger partial charge in [-0.2, -0.15) is 5.26 Å². The molecule has 2 heterocycles. The molecule has 0 saturated carbocycles. The van der Waals surface area contributed by atoms with Crippen LogP contribution in [0.25, 0.3) is 21.8 Å². The number of rotatable bonds is 3. The van der Waals surface area contributed by atoms with Gasteiger partial charge in [-0.1, -0.05) is 7.43 Å². The summed E-state index contributed by atoms with van der Waals surface area (Å²) in [6, 6.07) is 11.1. The molecule has 0 unspecified atom stereocenters. The first-order valence-electron chi connectivity index (χ1n) is 7.88. The third kappa shape index (κ3) is 2.54. The summed E-state index contributed by atoms with van der Waals surface area (Å²) in [6.45, 7) is 2.37. The average molecular weight is 348 g/mol. The standard InChI is InChI=1S/C19H16N4O2.CH4/c1-11-7-17(25-2)15(13-5-6-21-18(11)13)10-23-19(24)14-8-12(9-20)3-4-16(14)22-23;/h3-8,21-22H,10H2,1-2H3;1H4. The quantitative estimate of drug-likeness (QED) is 0.592. The van der Waals surface area contributed by atoms with Crippen LogP contribution in [0.1, 0.15) is 24.1 Å². The van der Waals surface area contributed by atoms with Gasteiger partial charge < -0.3 is 9.72 Å². The van der Waals surface area contributed by atoms with Gasteiger partial charge >= 0.3 is 0 Å². The summed E-state index contributed by atoms with van der Waals surface area (Å²) in [7, 11) is 1.63. The average Bonchev–Trinajstić information content (AvgIpc) is 3.23. The summed E-state index contributed by atoms with van der Waals surface area (Å²) >= 11 is 0. The van der Waals surface area contributed by atoms with Gasteiger partial charge in [-0.15, -0.1) is 0 Å². The minimum atomic E-state index is -0.154. The molecular formula is C20H20N4O2. The van der Waals surface area contributed by atoms with Crippen LogP contribution in [0.4, 0.5) is 0 Å². The summed E-state index contributed by atoms with van der Waals surface area (Å²) < 4.78 is 7.09. The van der Waals surface area contributed by atoms with E-state index in [2.05, 4.69) is 16.2 Å². The number of hydrogen-bond donors (Lipinski definition) is 2. The number of nitrogens with zero attached hydrogens (tertiary/aromatic N) is 2. The summed E-state index contributed by atoms with van der Waals surface area (Å²) in [5, 5.41) is 13.7. The molecule has 0 aliphatic carbocycles. The van der Waals surface area contributed by atoms with E-state index >= 15 is 0 Å². The fraction of sp³-hybridized carbons (Fsp3) is 0.200. The molecule has 0 bridgehead atoms. The lowest BCUT2D eigenvalue weighted by Gasteiger charge is -2.12. The molecule has 0 radical (unpaired) electrons. The smallest absolute Gasteiger partial charge is 0.274 e. The van der Waals surface area contributed by atoms with Crippen LogP contribution in [-0.2, 0) is 6.54 Å². The molecule has 0 spiro atoms. The van der Waals surface area contributed by atoms with Gasteiger partial charge in [0.25, 0.3) is 5.56 Å². The number of nitrogens with one attached hydrogen (secondary N) is 2. The number of aromatic amines is 2. The van der Waals surface area contributed by atoms with Crippen molar-refractivity contribution in [2.45, 2.75) is 20.9 Å². The Hall–Kier alpha value is -3.46. The first kappa shape index (κ1) is 17.4. The molecule has 0 fully saturated rings. The molecular weight excluding hydrogens is 328 g/mol. The lowest BCUT2D eigenvalue weighted by atomic mass is 10.0. The van der Waals surface area contributed by atoms with Crippen molar-refractivity contribution in [3.8, 4) is 11.8 Å². The second kappa shape index (κ2) is 6.45. The second-order valence-electron chi connectivity index (χ2n) is 6.02. The van der Waals surface area contributed by atoms with Gasteiger partial charge in [0.1, 0.15) is 5.75 Å². The Balaban J connectivity index is 0.00000196. The molecule has 4 rings (SSSR count). The lowest BCUT2D eigenvalue weighted by Crippen LogP contribution is -2.18. The van der Waals surface area contributed by atoms with Gasteiger partial charge in [-0.3, -0.25) is 9.89 Å². The van der Waals surface area contributed by atoms with Crippen molar-refractivity contribution in [3.05, 3.63) is 63.6 Å². The summed E-state index contributed by atoms with van der Waals surface area (Å²) in [5.74, 6) is 0.743. The number of methoxy groups -OCH3 is 1. The molecule has 0 atom stereocenters. The zero-order chi connectivity index (χ0) is 17.6. The number of benzene rings is 2. The van der Waals surface area contributed by atoms with Crippen LogP contribution in [0.3, 0.4) is 0 Å². The Morgan fingerprint density at radius 2 is 2.04 bits per heavy atom. The molecule has 0 amide bonds. The Bertz CT molecular complexity index is 1200. The number of aromatic nitrogens is 3. The topological polar surface area (TPSA) is 86.6 Å². The van der Waals surface area contributed by atoms with Crippen LogP contribution >= 0.6 is 0 Å². The maximum Gasteiger partial charge on any atom is 0.274 e. The number of hydrogen-bond acceptors (Lipinski definition) is 3. The SMILES string of the molecule is C.COc1cc(C)c2[nH]ccc2c1Cn1[nH]c2ccc(C#N)cc2c1=O. The van der Waals surface area contributed by atoms with E-state index in [0.29, 0.717) is 23.0 Å². The van der Waals surface area contributed by atoms with Crippen molar-refractivity contribution >= 4 is 21.8 Å². The molecule has 2 aromatic carbocycles. The van der Waals surface area contributed by atoms with Crippen molar-refractivity contribution < 1.29 is 4.74 Å². The van der Waals surface area contributed by atoms with Gasteiger partial charge in [0.2, 0.25) is 0 Å². The van der Waals surface area contributed by atoms with Crippen LogP contribution in [0.2, 0.25) is 0 Å². The molecule has 0 aliphatic rings. The minimum Gasteiger partial charge on any atom is -0.496 e. The maximum absolute atomic E-state index is 12.7. The predicted octanol–water partition coefficient (Wildman–Crippen LogP) is 3.68. The third-order valence-electron chi connectivity index (χ3n) is 4.53. The van der Waals surface area contributed by atoms with Gasteiger partial charge in [-0.25, -0.2) is 4.68 Å². The normalized spacial score (nSPS) is 10.7. The van der Waals surface area contributed by atoms with E-state index in [1.807, 2.05) is 25.3 Å². The van der Waals surface area contributed by atoms with Crippen molar-refractivity contribution in [1.82, 2.24) is 14.8 Å². The predicted molar refractivity (Wildman–Crippen MR) is 103 cm³/mol. The largest absolute Gasteiger partial charge is 0.496 e. The van der Waals surface area contributed by atoms with Gasteiger partial charge in [0, 0.05) is 22.7 Å². The minimum absolute atomic E-state index is 0. The molecule has 6 nitrogen and oxygen atoms in total. The molecule has 4 aromatic rings. The molecule has 0 aliphatic heterocycles. The molecule has 26 heavy (non-hydrogen) atoms. The number of aryl methyl sites for hydroxylation is 1. The Kier molecular flexibility index (Phi) is 4.31. The van der Waals surface area contributed by atoms with Crippen LogP contribution in [0, 0.1) is 18.3 Å². The Morgan fingerprint density at radius 3 is 2.77 bits per heavy atom. The van der Waals surface area contributed by atoms with E-state index in [-0.39, 0.29) is 13.0 Å². The first-order valence-corrected chi connectivity index (χ1v) is 7.88. The summed E-state index contributed by atoms with van der Waals surface area (Å²) in [4.78, 5) is 15.9. The van der Waals surface area contributed by atoms with Crippen LogP contribution < -0.4 is 10.3 Å². The van der Waals surface area contributed by atoms with E-state index < -0.39 is 0 Å². The van der Waals surface area contributed by atoms with Gasteiger partial charge in [-0.05, 0) is 42.8 Å². The van der Waals surface area contributed by atoms with E-state index in [4.69, 9.17) is 10.00 Å². The highest BCUT2D eigenvalue weighted by atomic mass is 16.5. The zero-order valence-corrected chi connectivity index (χ0v) is 13.9. The van der Waals surface area contributed by atoms with Crippen molar-refractivity contribution in [2.24, 2.45) is 0 Å². The Labute approximate surface area is 150 Å². The molecule has 2 aromatic heterocycles. The highest BCUT2D eigenvalue weighted by Gasteiger charge is 2.15. The molecule has 132 valence electrons. The van der Waals surface area contributed by atoms with E-state index in [1.165, 1.54) is 0 Å². The van der Waals surface area contributed by atoms with E-state index in [0.717, 1.165) is 27.8 Å². The van der Waals surface area contributed by atoms with E-state index in [9.17, 15) is 4.79 Å². The first-order chi connectivity index (χ1) is 12.1. The summed E-state index contributed by atoms with van der Waals surface area (Å²) in [6.07, 6.45) is 1.88. The van der Waals surface area contributed by atoms with E-state index in [1.54, 1.807) is 30.0 Å². The van der Waals surface area contributed by atoms with Crippen molar-refractivity contribution in [1.29, 1.82) is 5.26 Å². The zero-order valence-electron chi connectivity index (χ0n) is 13.9.